The first-order valence-electron chi connectivity index (χ1n) is 10.1. The molecule has 1 saturated heterocycles. The molecule has 2 aromatic carbocycles. The molecule has 0 spiro atoms. The number of urea groups is 1. The molecule has 0 saturated carbocycles. The van der Waals surface area contributed by atoms with Gasteiger partial charge in [-0.15, -0.1) is 0 Å². The highest BCUT2D eigenvalue weighted by atomic mass is 16.2. The fourth-order valence-electron chi connectivity index (χ4n) is 3.77. The number of rotatable bonds is 7. The average Bonchev–Trinajstić information content (AvgIpc) is 3.26. The number of nitrogens with zero attached hydrogens (tertiary/aromatic N) is 1. The third kappa shape index (κ3) is 4.05. The molecule has 1 aromatic heterocycles. The third-order valence-corrected chi connectivity index (χ3v) is 5.28. The molecule has 0 radical (unpaired) electrons. The quantitative estimate of drug-likeness (QED) is 0.528. The molecule has 1 atom stereocenters. The first kappa shape index (κ1) is 19.7. The van der Waals surface area contributed by atoms with E-state index >= 15 is 0 Å². The molecule has 1 aliphatic rings. The van der Waals surface area contributed by atoms with Gasteiger partial charge in [0.25, 0.3) is 5.91 Å². The summed E-state index contributed by atoms with van der Waals surface area (Å²) < 4.78 is 0. The minimum absolute atomic E-state index is 0.314. The monoisotopic (exact) mass is 404 g/mol. The van der Waals surface area contributed by atoms with Gasteiger partial charge in [0.15, 0.2) is 0 Å². The Morgan fingerprint density at radius 2 is 1.87 bits per heavy atom. The molecule has 2 heterocycles. The summed E-state index contributed by atoms with van der Waals surface area (Å²) in [6.45, 7) is 1.80. The van der Waals surface area contributed by atoms with E-state index in [1.807, 2.05) is 54.7 Å². The summed E-state index contributed by atoms with van der Waals surface area (Å²) >= 11 is 0. The molecule has 1 fully saturated rings. The van der Waals surface area contributed by atoms with E-state index in [1.165, 1.54) is 5.56 Å². The Hall–Kier alpha value is -3.61. The Balaban J connectivity index is 1.38. The number of carbonyl (C=O) groups is 3. The molecule has 30 heavy (non-hydrogen) atoms. The van der Waals surface area contributed by atoms with Gasteiger partial charge in [0, 0.05) is 29.2 Å². The van der Waals surface area contributed by atoms with Crippen molar-refractivity contribution in [3.8, 4) is 0 Å². The van der Waals surface area contributed by atoms with E-state index < -0.39 is 23.9 Å². The Bertz CT molecular complexity index is 1090. The highest BCUT2D eigenvalue weighted by molar-refractivity contribution is 6.08. The maximum atomic E-state index is 12.7. The van der Waals surface area contributed by atoms with E-state index in [-0.39, 0.29) is 6.54 Å². The van der Waals surface area contributed by atoms with E-state index in [9.17, 15) is 14.4 Å². The minimum atomic E-state index is -0.683. The number of H-pyrrole nitrogens is 1. The van der Waals surface area contributed by atoms with Crippen LogP contribution in [0.25, 0.3) is 10.9 Å². The minimum Gasteiger partial charge on any atom is -0.361 e. The van der Waals surface area contributed by atoms with Crippen LogP contribution in [0.1, 0.15) is 24.5 Å². The van der Waals surface area contributed by atoms with Gasteiger partial charge >= 0.3 is 6.03 Å². The van der Waals surface area contributed by atoms with Crippen LogP contribution >= 0.6 is 0 Å². The van der Waals surface area contributed by atoms with Crippen molar-refractivity contribution in [2.45, 2.75) is 32.2 Å². The van der Waals surface area contributed by atoms with Crippen LogP contribution in [0.15, 0.2) is 54.7 Å². The maximum Gasteiger partial charge on any atom is 0.325 e. The van der Waals surface area contributed by atoms with Crippen molar-refractivity contribution in [2.75, 3.05) is 11.9 Å². The van der Waals surface area contributed by atoms with E-state index in [4.69, 9.17) is 0 Å². The number of aromatic nitrogens is 1. The molecule has 3 aromatic rings. The van der Waals surface area contributed by atoms with Crippen LogP contribution in [0.5, 0.6) is 0 Å². The van der Waals surface area contributed by atoms with Crippen molar-refractivity contribution in [3.63, 3.8) is 0 Å². The number of anilines is 1. The van der Waals surface area contributed by atoms with Gasteiger partial charge in [-0.1, -0.05) is 43.7 Å². The Morgan fingerprint density at radius 3 is 2.63 bits per heavy atom. The number of aromatic amines is 1. The summed E-state index contributed by atoms with van der Waals surface area (Å²) in [5.41, 5.74) is 3.76. The smallest absolute Gasteiger partial charge is 0.325 e. The van der Waals surface area contributed by atoms with Crippen molar-refractivity contribution in [3.05, 3.63) is 65.9 Å². The molecule has 7 nitrogen and oxygen atoms in total. The van der Waals surface area contributed by atoms with Crippen LogP contribution in [0.3, 0.4) is 0 Å². The van der Waals surface area contributed by atoms with E-state index in [0.29, 0.717) is 12.1 Å². The standard InChI is InChI=1S/C23H24N4O3/c1-2-5-15-8-10-17(11-9-15)25-21(28)14-27-22(29)20(26-23(27)30)12-16-13-24-19-7-4-3-6-18(16)19/h3-4,6-11,13,20,24H,2,5,12,14H2,1H3,(H,25,28)(H,26,30). The lowest BCUT2D eigenvalue weighted by molar-refractivity contribution is -0.130. The molecule has 4 rings (SSSR count). The van der Waals surface area contributed by atoms with Gasteiger partial charge in [-0.25, -0.2) is 4.79 Å². The molecule has 154 valence electrons. The van der Waals surface area contributed by atoms with Gasteiger partial charge in [0.1, 0.15) is 12.6 Å². The van der Waals surface area contributed by atoms with Crippen LogP contribution in [0.4, 0.5) is 10.5 Å². The lowest BCUT2D eigenvalue weighted by atomic mass is 10.1. The Kier molecular flexibility index (Phi) is 5.52. The zero-order valence-corrected chi connectivity index (χ0v) is 16.8. The molecular formula is C23H24N4O3. The first-order valence-corrected chi connectivity index (χ1v) is 10.1. The second-order valence-corrected chi connectivity index (χ2v) is 7.49. The lowest BCUT2D eigenvalue weighted by Crippen LogP contribution is -2.38. The molecular weight excluding hydrogens is 380 g/mol. The van der Waals surface area contributed by atoms with Gasteiger partial charge in [0.05, 0.1) is 0 Å². The van der Waals surface area contributed by atoms with Crippen molar-refractivity contribution in [1.82, 2.24) is 15.2 Å². The van der Waals surface area contributed by atoms with Crippen LogP contribution in [-0.4, -0.2) is 40.3 Å². The van der Waals surface area contributed by atoms with Crippen molar-refractivity contribution in [2.24, 2.45) is 0 Å². The topological polar surface area (TPSA) is 94.3 Å². The van der Waals surface area contributed by atoms with Gasteiger partial charge in [-0.2, -0.15) is 0 Å². The molecule has 1 aliphatic heterocycles. The molecule has 4 amide bonds. The predicted octanol–water partition coefficient (Wildman–Crippen LogP) is 3.22. The number of amides is 4. The predicted molar refractivity (Wildman–Crippen MR) is 115 cm³/mol. The second-order valence-electron chi connectivity index (χ2n) is 7.49. The highest BCUT2D eigenvalue weighted by Crippen LogP contribution is 2.21. The van der Waals surface area contributed by atoms with Crippen LogP contribution < -0.4 is 10.6 Å². The first-order chi connectivity index (χ1) is 14.5. The number of hydrogen-bond acceptors (Lipinski definition) is 3. The zero-order valence-electron chi connectivity index (χ0n) is 16.8. The van der Waals surface area contributed by atoms with Gasteiger partial charge in [-0.3, -0.25) is 14.5 Å². The largest absolute Gasteiger partial charge is 0.361 e. The summed E-state index contributed by atoms with van der Waals surface area (Å²) in [6.07, 6.45) is 4.25. The summed E-state index contributed by atoms with van der Waals surface area (Å²) in [7, 11) is 0. The number of carbonyl (C=O) groups excluding carboxylic acids is 3. The number of fused-ring (bicyclic) bond motifs is 1. The van der Waals surface area contributed by atoms with Crippen LogP contribution in [-0.2, 0) is 22.4 Å². The molecule has 0 bridgehead atoms. The summed E-state index contributed by atoms with van der Waals surface area (Å²) in [5.74, 6) is -0.798. The number of aryl methyl sites for hydroxylation is 1. The molecule has 1 unspecified atom stereocenters. The van der Waals surface area contributed by atoms with Crippen molar-refractivity contribution in [1.29, 1.82) is 0 Å². The number of benzene rings is 2. The maximum absolute atomic E-state index is 12.7. The van der Waals surface area contributed by atoms with Crippen molar-refractivity contribution < 1.29 is 14.4 Å². The van der Waals surface area contributed by atoms with Crippen molar-refractivity contribution >= 4 is 34.4 Å². The van der Waals surface area contributed by atoms with E-state index in [1.54, 1.807) is 0 Å². The second kappa shape index (κ2) is 8.41. The average molecular weight is 404 g/mol. The summed E-state index contributed by atoms with van der Waals surface area (Å²) in [6, 6.07) is 14.1. The van der Waals surface area contributed by atoms with Gasteiger partial charge in [-0.05, 0) is 35.7 Å². The van der Waals surface area contributed by atoms with E-state index in [0.717, 1.165) is 34.2 Å². The Labute approximate surface area is 174 Å². The number of para-hydroxylation sites is 1. The number of imide groups is 1. The number of hydrogen-bond donors (Lipinski definition) is 3. The molecule has 3 N–H and O–H groups in total. The fraction of sp³-hybridized carbons (Fsp3) is 0.261. The van der Waals surface area contributed by atoms with Crippen LogP contribution in [0, 0.1) is 0 Å². The fourth-order valence-corrected chi connectivity index (χ4v) is 3.77. The molecule has 0 aliphatic carbocycles. The van der Waals surface area contributed by atoms with Crippen LogP contribution in [0.2, 0.25) is 0 Å². The Morgan fingerprint density at radius 1 is 1.10 bits per heavy atom. The summed E-state index contributed by atoms with van der Waals surface area (Å²) in [4.78, 5) is 41.6. The zero-order chi connectivity index (χ0) is 21.1. The molecule has 7 heteroatoms. The lowest BCUT2D eigenvalue weighted by Gasteiger charge is -2.13. The summed E-state index contributed by atoms with van der Waals surface area (Å²) in [5, 5.41) is 6.45. The SMILES string of the molecule is CCCc1ccc(NC(=O)CN2C(=O)NC(Cc3c[nH]c4ccccc34)C2=O)cc1. The van der Waals surface area contributed by atoms with Gasteiger partial charge in [0.2, 0.25) is 5.91 Å². The third-order valence-electron chi connectivity index (χ3n) is 5.28. The normalized spacial score (nSPS) is 16.2. The van der Waals surface area contributed by atoms with Gasteiger partial charge < -0.3 is 15.6 Å². The van der Waals surface area contributed by atoms with E-state index in [2.05, 4.69) is 22.5 Å². The number of nitrogens with one attached hydrogen (secondary N) is 3. The highest BCUT2D eigenvalue weighted by Gasteiger charge is 2.39.